The number of aliphatic hydroxyl groups is 4. The van der Waals surface area contributed by atoms with Crippen LogP contribution in [0.2, 0.25) is 0 Å². The SMILES string of the molecule is OCC1OCC(O)C(O)[C@@H]1O. The third-order valence-corrected chi connectivity index (χ3v) is 1.79. The molecule has 0 radical (unpaired) electrons. The van der Waals surface area contributed by atoms with E-state index in [9.17, 15) is 0 Å². The number of aliphatic hydroxyl groups excluding tert-OH is 4. The maximum absolute atomic E-state index is 9.11. The molecule has 1 saturated heterocycles. The smallest absolute Gasteiger partial charge is 0.111 e. The third kappa shape index (κ3) is 1.69. The normalized spacial score (nSPS) is 45.8. The molecule has 0 bridgehead atoms. The van der Waals surface area contributed by atoms with E-state index >= 15 is 0 Å². The Morgan fingerprint density at radius 1 is 1.18 bits per heavy atom. The van der Waals surface area contributed by atoms with Crippen LogP contribution in [0.3, 0.4) is 0 Å². The highest BCUT2D eigenvalue weighted by Gasteiger charge is 2.36. The fourth-order valence-corrected chi connectivity index (χ4v) is 1.03. The summed E-state index contributed by atoms with van der Waals surface area (Å²) in [7, 11) is 0. The largest absolute Gasteiger partial charge is 0.394 e. The van der Waals surface area contributed by atoms with Gasteiger partial charge in [-0.2, -0.15) is 0 Å². The molecule has 1 fully saturated rings. The van der Waals surface area contributed by atoms with Gasteiger partial charge in [0, 0.05) is 0 Å². The van der Waals surface area contributed by atoms with E-state index in [0.29, 0.717) is 0 Å². The van der Waals surface area contributed by atoms with E-state index in [4.69, 9.17) is 25.2 Å². The minimum absolute atomic E-state index is 0.0521. The van der Waals surface area contributed by atoms with Gasteiger partial charge in [0.05, 0.1) is 13.2 Å². The lowest BCUT2D eigenvalue weighted by atomic mass is 10.0. The Labute approximate surface area is 63.8 Å². The molecule has 4 N–H and O–H groups in total. The van der Waals surface area contributed by atoms with E-state index in [0.717, 1.165) is 0 Å². The zero-order valence-electron chi connectivity index (χ0n) is 5.92. The Bertz CT molecular complexity index is 126. The first kappa shape index (κ1) is 8.89. The molecule has 1 rings (SSSR count). The predicted molar refractivity (Wildman–Crippen MR) is 34.8 cm³/mol. The summed E-state index contributed by atoms with van der Waals surface area (Å²) in [5.74, 6) is 0. The van der Waals surface area contributed by atoms with Crippen molar-refractivity contribution in [3.63, 3.8) is 0 Å². The van der Waals surface area contributed by atoms with Crippen LogP contribution in [0.25, 0.3) is 0 Å². The second-order valence-corrected chi connectivity index (χ2v) is 2.60. The number of rotatable bonds is 1. The van der Waals surface area contributed by atoms with E-state index in [1.807, 2.05) is 0 Å². The molecule has 0 spiro atoms. The lowest BCUT2D eigenvalue weighted by Crippen LogP contribution is -2.53. The van der Waals surface area contributed by atoms with Crippen molar-refractivity contribution in [2.75, 3.05) is 13.2 Å². The molecule has 0 amide bonds. The van der Waals surface area contributed by atoms with Gasteiger partial charge in [0.1, 0.15) is 24.4 Å². The minimum atomic E-state index is -1.22. The van der Waals surface area contributed by atoms with E-state index in [-0.39, 0.29) is 13.2 Å². The van der Waals surface area contributed by atoms with Gasteiger partial charge in [-0.25, -0.2) is 0 Å². The maximum atomic E-state index is 9.11. The van der Waals surface area contributed by atoms with E-state index in [1.54, 1.807) is 0 Å². The summed E-state index contributed by atoms with van der Waals surface area (Å²) in [4.78, 5) is 0. The van der Waals surface area contributed by atoms with Gasteiger partial charge in [-0.05, 0) is 0 Å². The highest BCUT2D eigenvalue weighted by atomic mass is 16.5. The summed E-state index contributed by atoms with van der Waals surface area (Å²) >= 11 is 0. The Morgan fingerprint density at radius 2 is 1.82 bits per heavy atom. The molecular formula is C6H12O5. The average molecular weight is 164 g/mol. The van der Waals surface area contributed by atoms with Crippen molar-refractivity contribution in [3.8, 4) is 0 Å². The van der Waals surface area contributed by atoms with Crippen LogP contribution in [-0.4, -0.2) is 58.1 Å². The molecule has 0 aromatic carbocycles. The lowest BCUT2D eigenvalue weighted by molar-refractivity contribution is -0.195. The number of hydrogen-bond acceptors (Lipinski definition) is 5. The summed E-state index contributed by atoms with van der Waals surface area (Å²) in [6, 6.07) is 0. The molecule has 0 aromatic rings. The molecule has 0 aromatic heterocycles. The fourth-order valence-electron chi connectivity index (χ4n) is 1.03. The van der Waals surface area contributed by atoms with Gasteiger partial charge in [0.15, 0.2) is 0 Å². The van der Waals surface area contributed by atoms with Crippen LogP contribution in [0.15, 0.2) is 0 Å². The second kappa shape index (κ2) is 3.46. The highest BCUT2D eigenvalue weighted by Crippen LogP contribution is 2.14. The number of hydrogen-bond donors (Lipinski definition) is 4. The van der Waals surface area contributed by atoms with Crippen molar-refractivity contribution in [3.05, 3.63) is 0 Å². The fraction of sp³-hybridized carbons (Fsp3) is 1.00. The zero-order chi connectivity index (χ0) is 8.43. The van der Waals surface area contributed by atoms with Crippen LogP contribution < -0.4 is 0 Å². The van der Waals surface area contributed by atoms with Gasteiger partial charge < -0.3 is 25.2 Å². The van der Waals surface area contributed by atoms with Gasteiger partial charge in [0.2, 0.25) is 0 Å². The van der Waals surface area contributed by atoms with E-state index in [2.05, 4.69) is 0 Å². The summed E-state index contributed by atoms with van der Waals surface area (Å²) in [6.45, 7) is -0.408. The van der Waals surface area contributed by atoms with Crippen molar-refractivity contribution < 1.29 is 25.2 Å². The monoisotopic (exact) mass is 164 g/mol. The second-order valence-electron chi connectivity index (χ2n) is 2.60. The molecule has 66 valence electrons. The van der Waals surface area contributed by atoms with Gasteiger partial charge in [-0.15, -0.1) is 0 Å². The molecule has 11 heavy (non-hydrogen) atoms. The minimum Gasteiger partial charge on any atom is -0.394 e. The van der Waals surface area contributed by atoms with Gasteiger partial charge in [-0.1, -0.05) is 0 Å². The molecule has 1 heterocycles. The van der Waals surface area contributed by atoms with Crippen LogP contribution in [0, 0.1) is 0 Å². The highest BCUT2D eigenvalue weighted by molar-refractivity contribution is 4.85. The molecule has 3 unspecified atom stereocenters. The van der Waals surface area contributed by atoms with Crippen molar-refractivity contribution >= 4 is 0 Å². The van der Waals surface area contributed by atoms with Gasteiger partial charge in [0.25, 0.3) is 0 Å². The molecule has 4 atom stereocenters. The first-order valence-electron chi connectivity index (χ1n) is 3.43. The van der Waals surface area contributed by atoms with Crippen LogP contribution in [-0.2, 0) is 4.74 Å². The average Bonchev–Trinajstić information content (AvgIpc) is 2.01. The van der Waals surface area contributed by atoms with Crippen molar-refractivity contribution in [1.82, 2.24) is 0 Å². The quantitative estimate of drug-likeness (QED) is 0.343. The predicted octanol–water partition coefficient (Wildman–Crippen LogP) is -2.54. The summed E-state index contributed by atoms with van der Waals surface area (Å²) in [5, 5.41) is 35.7. The maximum Gasteiger partial charge on any atom is 0.111 e. The summed E-state index contributed by atoms with van der Waals surface area (Å²) in [5.41, 5.74) is 0. The molecule has 5 nitrogen and oxygen atoms in total. The Balaban J connectivity index is 2.52. The standard InChI is InChI=1S/C6H12O5/c7-1-4-6(10)5(9)3(8)2-11-4/h3-10H,1-2H2/t3?,4?,5?,6-/m1/s1. The van der Waals surface area contributed by atoms with Crippen LogP contribution in [0.1, 0.15) is 0 Å². The Hall–Kier alpha value is -0.200. The van der Waals surface area contributed by atoms with Gasteiger partial charge in [-0.3, -0.25) is 0 Å². The van der Waals surface area contributed by atoms with E-state index < -0.39 is 24.4 Å². The summed E-state index contributed by atoms with van der Waals surface area (Å²) in [6.07, 6.45) is -4.27. The van der Waals surface area contributed by atoms with Crippen LogP contribution >= 0.6 is 0 Å². The number of ether oxygens (including phenoxy) is 1. The molecule has 0 saturated carbocycles. The first-order chi connectivity index (χ1) is 5.16. The van der Waals surface area contributed by atoms with Crippen LogP contribution in [0.4, 0.5) is 0 Å². The molecule has 1 aliphatic rings. The molecule has 0 aliphatic carbocycles. The lowest BCUT2D eigenvalue weighted by Gasteiger charge is -2.34. The zero-order valence-corrected chi connectivity index (χ0v) is 5.92. The summed E-state index contributed by atoms with van der Waals surface area (Å²) < 4.78 is 4.81. The molecule has 1 aliphatic heterocycles. The van der Waals surface area contributed by atoms with Crippen molar-refractivity contribution in [2.45, 2.75) is 24.4 Å². The first-order valence-corrected chi connectivity index (χ1v) is 3.43. The van der Waals surface area contributed by atoms with E-state index in [1.165, 1.54) is 0 Å². The topological polar surface area (TPSA) is 90.2 Å². The molecular weight excluding hydrogens is 152 g/mol. The van der Waals surface area contributed by atoms with Crippen molar-refractivity contribution in [2.24, 2.45) is 0 Å². The van der Waals surface area contributed by atoms with Crippen molar-refractivity contribution in [1.29, 1.82) is 0 Å². The molecule has 5 heteroatoms. The van der Waals surface area contributed by atoms with Gasteiger partial charge >= 0.3 is 0 Å². The van der Waals surface area contributed by atoms with Crippen LogP contribution in [0.5, 0.6) is 0 Å². The third-order valence-electron chi connectivity index (χ3n) is 1.79. The Kier molecular flexibility index (Phi) is 2.80. The Morgan fingerprint density at radius 3 is 2.36 bits per heavy atom.